The van der Waals surface area contributed by atoms with Gasteiger partial charge in [-0.3, -0.25) is 5.10 Å². The van der Waals surface area contributed by atoms with E-state index >= 15 is 0 Å². The third-order valence-corrected chi connectivity index (χ3v) is 4.30. The number of nitrogens with zero attached hydrogens (tertiary/aromatic N) is 1. The Morgan fingerprint density at radius 1 is 1.50 bits per heavy atom. The zero-order valence-electron chi connectivity index (χ0n) is 11.9. The molecule has 0 fully saturated rings. The van der Waals surface area contributed by atoms with Crippen LogP contribution in [0.25, 0.3) is 10.9 Å². The summed E-state index contributed by atoms with van der Waals surface area (Å²) >= 11 is -1.20. The van der Waals surface area contributed by atoms with E-state index in [1.54, 1.807) is 6.20 Å². The number of rotatable bonds is 3. The van der Waals surface area contributed by atoms with Crippen LogP contribution >= 0.6 is 0 Å². The van der Waals surface area contributed by atoms with Gasteiger partial charge < -0.3 is 4.55 Å². The van der Waals surface area contributed by atoms with Gasteiger partial charge in [0.05, 0.1) is 17.8 Å². The Bertz CT molecular complexity index is 552. The summed E-state index contributed by atoms with van der Waals surface area (Å²) in [6.07, 6.45) is 1.75. The molecule has 98 valence electrons. The van der Waals surface area contributed by atoms with Gasteiger partial charge in [0.1, 0.15) is 4.75 Å². The fraction of sp³-hybridized carbons (Fsp3) is 0.462. The van der Waals surface area contributed by atoms with E-state index in [-0.39, 0.29) is 17.7 Å². The van der Waals surface area contributed by atoms with Crippen molar-refractivity contribution >= 4 is 22.3 Å². The summed E-state index contributed by atoms with van der Waals surface area (Å²) < 4.78 is 22.6. The van der Waals surface area contributed by atoms with Gasteiger partial charge in [0.15, 0.2) is 0 Å². The first-order valence-electron chi connectivity index (χ1n) is 6.53. The maximum Gasteiger partial charge on any atom is 0.136 e. The quantitative estimate of drug-likeness (QED) is 0.840. The molecule has 18 heavy (non-hydrogen) atoms. The van der Waals surface area contributed by atoms with Gasteiger partial charge in [0, 0.05) is 18.1 Å². The summed E-state index contributed by atoms with van der Waals surface area (Å²) in [6.45, 7) is 5.86. The van der Waals surface area contributed by atoms with Gasteiger partial charge in [-0.15, -0.1) is 4.72 Å². The molecule has 2 unspecified atom stereocenters. The Kier molecular flexibility index (Phi) is 3.28. The van der Waals surface area contributed by atoms with Crippen molar-refractivity contribution in [1.82, 2.24) is 14.9 Å². The number of nitrogens with one attached hydrogen (secondary N) is 2. The van der Waals surface area contributed by atoms with E-state index in [9.17, 15) is 4.55 Å². The van der Waals surface area contributed by atoms with Crippen LogP contribution in [0.5, 0.6) is 0 Å². The van der Waals surface area contributed by atoms with Crippen LogP contribution in [0.1, 0.15) is 40.6 Å². The number of hydrogen-bond acceptors (Lipinski definition) is 3. The van der Waals surface area contributed by atoms with Crippen molar-refractivity contribution in [1.29, 1.82) is 0 Å². The van der Waals surface area contributed by atoms with Gasteiger partial charge >= 0.3 is 0 Å². The number of benzene rings is 1. The van der Waals surface area contributed by atoms with Crippen molar-refractivity contribution in [3.8, 4) is 0 Å². The molecule has 0 amide bonds. The maximum atomic E-state index is 12.2. The second kappa shape index (κ2) is 4.91. The van der Waals surface area contributed by atoms with Gasteiger partial charge in [-0.1, -0.05) is 18.2 Å². The van der Waals surface area contributed by atoms with Crippen molar-refractivity contribution < 1.29 is 5.92 Å². The Morgan fingerprint density at radius 2 is 2.28 bits per heavy atom. The number of aromatic nitrogens is 2. The van der Waals surface area contributed by atoms with E-state index in [1.807, 2.05) is 39.0 Å². The van der Waals surface area contributed by atoms with Crippen LogP contribution in [0.3, 0.4) is 0 Å². The topological polar surface area (TPSA) is 63.8 Å². The highest BCUT2D eigenvalue weighted by Gasteiger charge is 2.28. The highest BCUT2D eigenvalue weighted by molar-refractivity contribution is 7.90. The second-order valence-electron chi connectivity index (χ2n) is 5.23. The first kappa shape index (κ1) is 12.0. The minimum atomic E-state index is -1.20. The molecule has 2 atom stereocenters. The molecule has 0 spiro atoms. The predicted octanol–water partition coefficient (Wildman–Crippen LogP) is 2.68. The van der Waals surface area contributed by atoms with Crippen molar-refractivity contribution in [2.45, 2.75) is 38.5 Å². The van der Waals surface area contributed by atoms with E-state index in [1.165, 1.54) is 0 Å². The number of fused-ring (bicyclic) bond motifs is 1. The molecule has 2 N–H and O–H groups in total. The van der Waals surface area contributed by atoms with Gasteiger partial charge in [-0.25, -0.2) is 0 Å². The summed E-state index contributed by atoms with van der Waals surface area (Å²) in [7, 11) is 0. The summed E-state index contributed by atoms with van der Waals surface area (Å²) in [5.74, 6) is 0. The molecule has 5 heteroatoms. The lowest BCUT2D eigenvalue weighted by Gasteiger charge is -2.26. The van der Waals surface area contributed by atoms with Crippen LogP contribution in [-0.2, 0) is 11.4 Å². The van der Waals surface area contributed by atoms with E-state index in [4.69, 9.17) is 1.37 Å². The van der Waals surface area contributed by atoms with Gasteiger partial charge in [-0.2, -0.15) is 5.10 Å². The van der Waals surface area contributed by atoms with Crippen molar-refractivity contribution in [2.75, 3.05) is 0 Å². The number of H-pyrrole nitrogens is 1. The lowest BCUT2D eigenvalue weighted by Crippen LogP contribution is -2.40. The van der Waals surface area contributed by atoms with Crippen LogP contribution in [-0.4, -0.2) is 19.5 Å². The highest BCUT2D eigenvalue weighted by Crippen LogP contribution is 2.24. The molecule has 0 bridgehead atoms. The second-order valence-corrected chi connectivity index (χ2v) is 7.23. The molecule has 0 radical (unpaired) electrons. The Labute approximate surface area is 112 Å². The first-order chi connectivity index (χ1) is 8.93. The fourth-order valence-corrected chi connectivity index (χ4v) is 2.39. The molecule has 0 aliphatic carbocycles. The Morgan fingerprint density at radius 3 is 2.94 bits per heavy atom. The predicted molar refractivity (Wildman–Crippen MR) is 75.5 cm³/mol. The summed E-state index contributed by atoms with van der Waals surface area (Å²) in [6, 6.07) is 5.55. The van der Waals surface area contributed by atoms with Gasteiger partial charge in [0.2, 0.25) is 0 Å². The molecular formula is C13H19N3OS. The summed E-state index contributed by atoms with van der Waals surface area (Å²) in [5, 5.41) is 7.96. The molecule has 1 aromatic carbocycles. The number of aromatic amines is 1. The molecule has 0 saturated heterocycles. The average Bonchev–Trinajstić information content (AvgIpc) is 2.82. The molecule has 4 nitrogen and oxygen atoms in total. The SMILES string of the molecule is [2H]CC(N[S+]([O-])C(C)(C)C)c1cccc2cn[nH]c12. The third kappa shape index (κ3) is 2.68. The maximum absolute atomic E-state index is 12.2. The normalized spacial score (nSPS) is 16.6. The molecule has 2 aromatic rings. The number of hydrogen-bond donors (Lipinski definition) is 2. The zero-order chi connectivity index (χ0) is 14.0. The summed E-state index contributed by atoms with van der Waals surface area (Å²) in [5.41, 5.74) is 1.83. The van der Waals surface area contributed by atoms with Crippen LogP contribution in [0.15, 0.2) is 24.4 Å². The van der Waals surface area contributed by atoms with Crippen molar-refractivity contribution in [3.63, 3.8) is 0 Å². The van der Waals surface area contributed by atoms with Gasteiger partial charge in [0.25, 0.3) is 0 Å². The minimum Gasteiger partial charge on any atom is -0.598 e. The summed E-state index contributed by atoms with van der Waals surface area (Å²) in [4.78, 5) is 0. The van der Waals surface area contributed by atoms with Crippen LogP contribution in [0, 0.1) is 0 Å². The largest absolute Gasteiger partial charge is 0.598 e. The van der Waals surface area contributed by atoms with Gasteiger partial charge in [-0.05, 0) is 33.2 Å². The van der Waals surface area contributed by atoms with E-state index < -0.39 is 11.4 Å². The van der Waals surface area contributed by atoms with Crippen molar-refractivity contribution in [2.24, 2.45) is 0 Å². The first-order valence-corrected chi connectivity index (χ1v) is 6.97. The molecule has 0 aliphatic rings. The van der Waals surface area contributed by atoms with Crippen LogP contribution in [0.4, 0.5) is 0 Å². The minimum absolute atomic E-state index is 0.125. The standard InChI is InChI=1S/C13H19N3OS/c1-9(16-18(17)13(2,3)4)11-7-5-6-10-8-14-15-12(10)11/h5-9,16H,1-4H3,(H,14,15)/i1D. The molecule has 1 heterocycles. The molecule has 1 aromatic heterocycles. The zero-order valence-corrected chi connectivity index (χ0v) is 11.7. The van der Waals surface area contributed by atoms with E-state index in [0.717, 1.165) is 16.5 Å². The van der Waals surface area contributed by atoms with Crippen molar-refractivity contribution in [3.05, 3.63) is 30.0 Å². The molecule has 0 saturated carbocycles. The molecule has 0 aliphatic heterocycles. The van der Waals surface area contributed by atoms with E-state index in [0.29, 0.717) is 0 Å². The third-order valence-electron chi connectivity index (χ3n) is 2.69. The Balaban J connectivity index is 2.29. The number of para-hydroxylation sites is 1. The monoisotopic (exact) mass is 266 g/mol. The van der Waals surface area contributed by atoms with Crippen LogP contribution < -0.4 is 4.72 Å². The highest BCUT2D eigenvalue weighted by atomic mass is 32.2. The van der Waals surface area contributed by atoms with E-state index in [2.05, 4.69) is 14.9 Å². The lowest BCUT2D eigenvalue weighted by atomic mass is 10.1. The van der Waals surface area contributed by atoms with Crippen LogP contribution in [0.2, 0.25) is 0 Å². The molecular weight excluding hydrogens is 246 g/mol. The lowest BCUT2D eigenvalue weighted by molar-refractivity contribution is 0.531. The fourth-order valence-electron chi connectivity index (χ4n) is 1.65. The average molecular weight is 266 g/mol. The smallest absolute Gasteiger partial charge is 0.136 e. The Hall–Kier alpha value is -1.04. The molecule has 2 rings (SSSR count).